The molecular weight excluding hydrogens is 260 g/mol. The molecule has 2 N–H and O–H groups in total. The van der Waals surface area contributed by atoms with Crippen molar-refractivity contribution >= 4 is 11.9 Å². The Hall–Kier alpha value is -1.95. The molecule has 1 aromatic heterocycles. The molecule has 2 aliphatic heterocycles. The Labute approximate surface area is 116 Å². The third-order valence-corrected chi connectivity index (χ3v) is 4.08. The summed E-state index contributed by atoms with van der Waals surface area (Å²) in [4.78, 5) is 27.5. The molecule has 0 aromatic carbocycles. The van der Waals surface area contributed by atoms with Crippen molar-refractivity contribution in [1.29, 1.82) is 0 Å². The SMILES string of the molecule is O=C(O)[C@@H]1[C@H](C(=O)NCc2ccncc2)[C@H]2CC[C@H]1O2. The fourth-order valence-corrected chi connectivity index (χ4v) is 3.13. The lowest BCUT2D eigenvalue weighted by molar-refractivity contribution is -0.147. The Morgan fingerprint density at radius 2 is 1.90 bits per heavy atom. The van der Waals surface area contributed by atoms with E-state index in [1.54, 1.807) is 12.4 Å². The number of fused-ring (bicyclic) bond motifs is 2. The van der Waals surface area contributed by atoms with Crippen LogP contribution < -0.4 is 5.32 Å². The molecule has 1 aromatic rings. The average Bonchev–Trinajstić information content (AvgIpc) is 3.06. The lowest BCUT2D eigenvalue weighted by Crippen LogP contribution is -2.43. The zero-order valence-corrected chi connectivity index (χ0v) is 10.9. The van der Waals surface area contributed by atoms with Crippen molar-refractivity contribution in [1.82, 2.24) is 10.3 Å². The van der Waals surface area contributed by atoms with E-state index in [1.807, 2.05) is 12.1 Å². The van der Waals surface area contributed by atoms with E-state index in [2.05, 4.69) is 10.3 Å². The van der Waals surface area contributed by atoms with Gasteiger partial charge >= 0.3 is 5.97 Å². The van der Waals surface area contributed by atoms with Crippen LogP contribution in [-0.2, 0) is 20.9 Å². The van der Waals surface area contributed by atoms with Gasteiger partial charge in [0, 0.05) is 18.9 Å². The van der Waals surface area contributed by atoms with Crippen LogP contribution in [-0.4, -0.2) is 34.2 Å². The van der Waals surface area contributed by atoms with Gasteiger partial charge in [-0.1, -0.05) is 0 Å². The molecule has 0 saturated carbocycles. The number of nitrogens with zero attached hydrogens (tertiary/aromatic N) is 1. The monoisotopic (exact) mass is 276 g/mol. The molecule has 2 bridgehead atoms. The summed E-state index contributed by atoms with van der Waals surface area (Å²) in [6, 6.07) is 3.62. The minimum Gasteiger partial charge on any atom is -0.481 e. The number of pyridine rings is 1. The van der Waals surface area contributed by atoms with Gasteiger partial charge in [0.1, 0.15) is 0 Å². The highest BCUT2D eigenvalue weighted by Crippen LogP contribution is 2.43. The van der Waals surface area contributed by atoms with Crippen LogP contribution in [0, 0.1) is 11.8 Å². The molecule has 2 saturated heterocycles. The summed E-state index contributed by atoms with van der Waals surface area (Å²) >= 11 is 0. The van der Waals surface area contributed by atoms with Gasteiger partial charge in [0.05, 0.1) is 24.0 Å². The summed E-state index contributed by atoms with van der Waals surface area (Å²) < 4.78 is 5.58. The predicted molar refractivity (Wildman–Crippen MR) is 68.6 cm³/mol. The van der Waals surface area contributed by atoms with Gasteiger partial charge in [-0.3, -0.25) is 14.6 Å². The Bertz CT molecular complexity index is 519. The zero-order valence-electron chi connectivity index (χ0n) is 10.9. The number of rotatable bonds is 4. The Morgan fingerprint density at radius 1 is 1.25 bits per heavy atom. The summed E-state index contributed by atoms with van der Waals surface area (Å²) in [6.07, 6.45) is 4.25. The summed E-state index contributed by atoms with van der Waals surface area (Å²) in [6.45, 7) is 0.377. The van der Waals surface area contributed by atoms with Crippen LogP contribution in [0.5, 0.6) is 0 Å². The van der Waals surface area contributed by atoms with Crippen LogP contribution >= 0.6 is 0 Å². The summed E-state index contributed by atoms with van der Waals surface area (Å²) in [5.74, 6) is -2.47. The molecule has 0 aliphatic carbocycles. The second kappa shape index (κ2) is 5.20. The van der Waals surface area contributed by atoms with Crippen LogP contribution in [0.3, 0.4) is 0 Å². The van der Waals surface area contributed by atoms with E-state index in [-0.39, 0.29) is 18.1 Å². The molecule has 0 spiro atoms. The quantitative estimate of drug-likeness (QED) is 0.839. The van der Waals surface area contributed by atoms with Crippen molar-refractivity contribution < 1.29 is 19.4 Å². The molecule has 6 heteroatoms. The van der Waals surface area contributed by atoms with E-state index >= 15 is 0 Å². The summed E-state index contributed by atoms with van der Waals surface area (Å²) in [5.41, 5.74) is 0.935. The van der Waals surface area contributed by atoms with E-state index < -0.39 is 17.8 Å². The largest absolute Gasteiger partial charge is 0.481 e. The molecule has 3 heterocycles. The molecule has 20 heavy (non-hydrogen) atoms. The molecule has 0 radical (unpaired) electrons. The maximum absolute atomic E-state index is 12.3. The second-order valence-electron chi connectivity index (χ2n) is 5.25. The maximum atomic E-state index is 12.3. The summed E-state index contributed by atoms with van der Waals surface area (Å²) in [5, 5.41) is 12.1. The Morgan fingerprint density at radius 3 is 2.55 bits per heavy atom. The van der Waals surface area contributed by atoms with Crippen LogP contribution in [0.15, 0.2) is 24.5 Å². The Balaban J connectivity index is 1.66. The van der Waals surface area contributed by atoms with Crippen molar-refractivity contribution in [3.8, 4) is 0 Å². The smallest absolute Gasteiger partial charge is 0.310 e. The second-order valence-corrected chi connectivity index (χ2v) is 5.25. The number of hydrogen-bond acceptors (Lipinski definition) is 4. The van der Waals surface area contributed by atoms with Crippen LogP contribution in [0.25, 0.3) is 0 Å². The van der Waals surface area contributed by atoms with E-state index in [0.717, 1.165) is 18.4 Å². The lowest BCUT2D eigenvalue weighted by atomic mass is 9.78. The number of carboxylic acid groups (broad SMARTS) is 1. The summed E-state index contributed by atoms with van der Waals surface area (Å²) in [7, 11) is 0. The van der Waals surface area contributed by atoms with E-state index in [4.69, 9.17) is 4.74 Å². The van der Waals surface area contributed by atoms with Gasteiger partial charge in [-0.25, -0.2) is 0 Å². The molecule has 106 valence electrons. The molecule has 2 aliphatic rings. The fourth-order valence-electron chi connectivity index (χ4n) is 3.13. The topological polar surface area (TPSA) is 88.5 Å². The lowest BCUT2D eigenvalue weighted by Gasteiger charge is -2.23. The third-order valence-electron chi connectivity index (χ3n) is 4.08. The average molecular weight is 276 g/mol. The highest BCUT2D eigenvalue weighted by Gasteiger charge is 2.55. The maximum Gasteiger partial charge on any atom is 0.310 e. The zero-order chi connectivity index (χ0) is 14.1. The number of hydrogen-bond donors (Lipinski definition) is 2. The van der Waals surface area contributed by atoms with E-state index in [9.17, 15) is 14.7 Å². The first-order valence-corrected chi connectivity index (χ1v) is 6.71. The predicted octanol–water partition coefficient (Wildman–Crippen LogP) is 0.576. The number of nitrogens with one attached hydrogen (secondary N) is 1. The van der Waals surface area contributed by atoms with E-state index in [0.29, 0.717) is 6.54 Å². The molecule has 6 nitrogen and oxygen atoms in total. The number of aromatic nitrogens is 1. The standard InChI is InChI=1S/C14H16N2O4/c17-13(16-7-8-3-5-15-6-4-8)11-9-1-2-10(20-9)12(11)14(18)19/h3-6,9-12H,1-2,7H2,(H,16,17)(H,18,19)/t9-,10-,11-,12+/m1/s1. The molecule has 4 atom stereocenters. The number of carbonyl (C=O) groups is 2. The first kappa shape index (κ1) is 13.1. The molecule has 1 amide bonds. The van der Waals surface area contributed by atoms with E-state index in [1.165, 1.54) is 0 Å². The minimum absolute atomic E-state index is 0.235. The third kappa shape index (κ3) is 2.27. The van der Waals surface area contributed by atoms with Crippen LogP contribution in [0.4, 0.5) is 0 Å². The minimum atomic E-state index is -0.943. The van der Waals surface area contributed by atoms with Gasteiger partial charge in [-0.2, -0.15) is 0 Å². The number of carbonyl (C=O) groups excluding carboxylic acids is 1. The van der Waals surface area contributed by atoms with Crippen molar-refractivity contribution in [3.05, 3.63) is 30.1 Å². The van der Waals surface area contributed by atoms with Crippen molar-refractivity contribution in [2.75, 3.05) is 0 Å². The van der Waals surface area contributed by atoms with Gasteiger partial charge < -0.3 is 15.2 Å². The van der Waals surface area contributed by atoms with Gasteiger partial charge in [0.2, 0.25) is 5.91 Å². The molecule has 3 rings (SSSR count). The highest BCUT2D eigenvalue weighted by molar-refractivity contribution is 5.86. The van der Waals surface area contributed by atoms with Gasteiger partial charge in [0.15, 0.2) is 0 Å². The number of aliphatic carboxylic acids is 1. The fraction of sp³-hybridized carbons (Fsp3) is 0.500. The first-order valence-electron chi connectivity index (χ1n) is 6.71. The van der Waals surface area contributed by atoms with Crippen molar-refractivity contribution in [3.63, 3.8) is 0 Å². The normalized spacial score (nSPS) is 31.2. The van der Waals surface area contributed by atoms with Crippen LogP contribution in [0.2, 0.25) is 0 Å². The van der Waals surface area contributed by atoms with Gasteiger partial charge in [-0.15, -0.1) is 0 Å². The first-order chi connectivity index (χ1) is 9.66. The number of carboxylic acids is 1. The van der Waals surface area contributed by atoms with Gasteiger partial charge in [-0.05, 0) is 30.5 Å². The number of amides is 1. The molecular formula is C14H16N2O4. The highest BCUT2D eigenvalue weighted by atomic mass is 16.5. The van der Waals surface area contributed by atoms with Crippen molar-refractivity contribution in [2.24, 2.45) is 11.8 Å². The Kier molecular flexibility index (Phi) is 3.40. The van der Waals surface area contributed by atoms with Crippen molar-refractivity contribution in [2.45, 2.75) is 31.6 Å². The molecule has 2 fully saturated rings. The van der Waals surface area contributed by atoms with Gasteiger partial charge in [0.25, 0.3) is 0 Å². The number of ether oxygens (including phenoxy) is 1. The van der Waals surface area contributed by atoms with Crippen LogP contribution in [0.1, 0.15) is 18.4 Å². The molecule has 0 unspecified atom stereocenters.